The number of nitrogens with one attached hydrogen (secondary N) is 1. The normalized spacial score (nSPS) is 11.4. The van der Waals surface area contributed by atoms with Crippen LogP contribution in [0.25, 0.3) is 0 Å². The van der Waals surface area contributed by atoms with E-state index >= 15 is 0 Å². The molecule has 2 nitrogen and oxygen atoms in total. The minimum atomic E-state index is -4.46. The third-order valence-corrected chi connectivity index (χ3v) is 2.96. The van der Waals surface area contributed by atoms with Gasteiger partial charge in [-0.25, -0.2) is 4.98 Å². The smallest absolute Gasteiger partial charge is 0.340 e. The highest BCUT2D eigenvalue weighted by molar-refractivity contribution is 9.10. The molecule has 1 heterocycles. The van der Waals surface area contributed by atoms with E-state index in [9.17, 15) is 13.2 Å². The van der Waals surface area contributed by atoms with Gasteiger partial charge in [-0.2, -0.15) is 13.2 Å². The first-order valence-corrected chi connectivity index (χ1v) is 6.29. The van der Waals surface area contributed by atoms with E-state index in [-0.39, 0.29) is 11.0 Å². The summed E-state index contributed by atoms with van der Waals surface area (Å²) in [6.45, 7) is 0. The van der Waals surface area contributed by atoms with Crippen LogP contribution in [0, 0.1) is 0 Å². The van der Waals surface area contributed by atoms with Crippen molar-refractivity contribution in [2.75, 3.05) is 5.32 Å². The van der Waals surface area contributed by atoms with Gasteiger partial charge >= 0.3 is 6.18 Å². The number of hydrogen-bond donors (Lipinski definition) is 1. The highest BCUT2D eigenvalue weighted by Gasteiger charge is 2.31. The lowest BCUT2D eigenvalue weighted by atomic mass is 10.2. The van der Waals surface area contributed by atoms with Crippen LogP contribution in [0.15, 0.2) is 40.9 Å². The molecule has 0 bridgehead atoms. The number of pyridine rings is 1. The Morgan fingerprint density at radius 2 is 1.74 bits per heavy atom. The molecule has 0 fully saturated rings. The molecule has 1 aromatic carbocycles. The summed E-state index contributed by atoms with van der Waals surface area (Å²) < 4.78 is 38.7. The van der Waals surface area contributed by atoms with Gasteiger partial charge in [-0.05, 0) is 36.4 Å². The van der Waals surface area contributed by atoms with Crippen molar-refractivity contribution in [3.05, 3.63) is 51.6 Å². The van der Waals surface area contributed by atoms with Crippen LogP contribution < -0.4 is 5.32 Å². The second kappa shape index (κ2) is 5.38. The molecule has 0 aliphatic rings. The number of rotatable bonds is 2. The van der Waals surface area contributed by atoms with Crippen LogP contribution in [0.5, 0.6) is 0 Å². The average Bonchev–Trinajstić information content (AvgIpc) is 2.30. The van der Waals surface area contributed by atoms with Gasteiger partial charge in [-0.1, -0.05) is 27.5 Å². The lowest BCUT2D eigenvalue weighted by Gasteiger charge is -2.10. The van der Waals surface area contributed by atoms with Gasteiger partial charge in [0.1, 0.15) is 11.0 Å². The highest BCUT2D eigenvalue weighted by Crippen LogP contribution is 2.32. The second-order valence-corrected chi connectivity index (χ2v) is 5.00. The molecule has 19 heavy (non-hydrogen) atoms. The lowest BCUT2D eigenvalue weighted by Crippen LogP contribution is -2.06. The molecule has 100 valence electrons. The minimum absolute atomic E-state index is 0.0437. The van der Waals surface area contributed by atoms with E-state index in [0.717, 1.165) is 16.6 Å². The first kappa shape index (κ1) is 14.1. The van der Waals surface area contributed by atoms with Crippen molar-refractivity contribution in [3.63, 3.8) is 0 Å². The molecule has 2 aromatic rings. The van der Waals surface area contributed by atoms with Gasteiger partial charge in [0.05, 0.1) is 5.56 Å². The maximum Gasteiger partial charge on any atom is 0.416 e. The summed E-state index contributed by atoms with van der Waals surface area (Å²) in [5.74, 6) is 0.0437. The molecule has 0 saturated heterocycles. The quantitative estimate of drug-likeness (QED) is 0.747. The Morgan fingerprint density at radius 1 is 1.11 bits per heavy atom. The van der Waals surface area contributed by atoms with Crippen molar-refractivity contribution in [2.45, 2.75) is 6.18 Å². The zero-order valence-electron chi connectivity index (χ0n) is 9.30. The molecule has 0 amide bonds. The van der Waals surface area contributed by atoms with Gasteiger partial charge in [0, 0.05) is 10.2 Å². The number of halogens is 5. The Balaban J connectivity index is 2.30. The molecule has 0 aliphatic carbocycles. The Kier molecular flexibility index (Phi) is 4.01. The van der Waals surface area contributed by atoms with Crippen molar-refractivity contribution in [1.82, 2.24) is 4.98 Å². The second-order valence-electron chi connectivity index (χ2n) is 3.69. The predicted octanol–water partition coefficient (Wildman–Crippen LogP) is 5.26. The topological polar surface area (TPSA) is 24.9 Å². The molecule has 0 unspecified atom stereocenters. The number of nitrogens with zero attached hydrogens (tertiary/aromatic N) is 1. The van der Waals surface area contributed by atoms with Gasteiger partial charge < -0.3 is 5.32 Å². The Bertz CT molecular complexity index is 585. The summed E-state index contributed by atoms with van der Waals surface area (Å²) in [6, 6.07) is 8.64. The van der Waals surface area contributed by atoms with Crippen LogP contribution in [0.4, 0.5) is 24.7 Å². The summed E-state index contributed by atoms with van der Waals surface area (Å²) >= 11 is 8.86. The molecular formula is C12H7BrClF3N2. The van der Waals surface area contributed by atoms with E-state index in [4.69, 9.17) is 11.6 Å². The van der Waals surface area contributed by atoms with Gasteiger partial charge in [0.15, 0.2) is 0 Å². The van der Waals surface area contributed by atoms with Crippen LogP contribution in [-0.2, 0) is 6.18 Å². The summed E-state index contributed by atoms with van der Waals surface area (Å²) in [7, 11) is 0. The van der Waals surface area contributed by atoms with E-state index in [1.54, 1.807) is 24.3 Å². The third-order valence-electron chi connectivity index (χ3n) is 2.24. The number of benzene rings is 1. The van der Waals surface area contributed by atoms with Gasteiger partial charge in [-0.15, -0.1) is 0 Å². The number of hydrogen-bond acceptors (Lipinski definition) is 2. The molecule has 0 saturated carbocycles. The van der Waals surface area contributed by atoms with E-state index in [1.807, 2.05) is 0 Å². The first-order chi connectivity index (χ1) is 8.84. The number of alkyl halides is 3. The average molecular weight is 352 g/mol. The van der Waals surface area contributed by atoms with E-state index in [2.05, 4.69) is 26.2 Å². The maximum atomic E-state index is 12.6. The zero-order valence-corrected chi connectivity index (χ0v) is 11.6. The van der Waals surface area contributed by atoms with Crippen LogP contribution in [0.3, 0.4) is 0 Å². The molecule has 0 aliphatic heterocycles. The first-order valence-electron chi connectivity index (χ1n) is 5.12. The molecule has 1 aromatic heterocycles. The van der Waals surface area contributed by atoms with Crippen LogP contribution >= 0.6 is 27.5 Å². The highest BCUT2D eigenvalue weighted by atomic mass is 79.9. The molecule has 7 heteroatoms. The fraction of sp³-hybridized carbons (Fsp3) is 0.0833. The van der Waals surface area contributed by atoms with Crippen molar-refractivity contribution >= 4 is 39.0 Å². The zero-order chi connectivity index (χ0) is 14.0. The van der Waals surface area contributed by atoms with Gasteiger partial charge in [0.2, 0.25) is 0 Å². The summed E-state index contributed by atoms with van der Waals surface area (Å²) in [5.41, 5.74) is -0.224. The summed E-state index contributed by atoms with van der Waals surface area (Å²) in [5, 5.41) is 2.55. The fourth-order valence-electron chi connectivity index (χ4n) is 1.41. The lowest BCUT2D eigenvalue weighted by molar-refractivity contribution is -0.137. The van der Waals surface area contributed by atoms with E-state index < -0.39 is 11.7 Å². The molecule has 2 rings (SSSR count). The SMILES string of the molecule is FC(F)(F)c1cc(Cl)nc(Nc2ccc(Br)cc2)c1. The molecule has 1 N–H and O–H groups in total. The maximum absolute atomic E-state index is 12.6. The minimum Gasteiger partial charge on any atom is -0.340 e. The predicted molar refractivity (Wildman–Crippen MR) is 71.7 cm³/mol. The van der Waals surface area contributed by atoms with Crippen molar-refractivity contribution < 1.29 is 13.2 Å². The van der Waals surface area contributed by atoms with Crippen LogP contribution in [-0.4, -0.2) is 4.98 Å². The van der Waals surface area contributed by atoms with Crippen molar-refractivity contribution in [2.24, 2.45) is 0 Å². The van der Waals surface area contributed by atoms with Gasteiger partial charge in [0.25, 0.3) is 0 Å². The molecule has 0 atom stereocenters. The number of anilines is 2. The largest absolute Gasteiger partial charge is 0.416 e. The monoisotopic (exact) mass is 350 g/mol. The number of aromatic nitrogens is 1. The van der Waals surface area contributed by atoms with Gasteiger partial charge in [-0.3, -0.25) is 0 Å². The third kappa shape index (κ3) is 3.84. The van der Waals surface area contributed by atoms with E-state index in [0.29, 0.717) is 5.69 Å². The molecule has 0 radical (unpaired) electrons. The van der Waals surface area contributed by atoms with Crippen LogP contribution in [0.2, 0.25) is 5.15 Å². The Hall–Kier alpha value is -1.27. The Morgan fingerprint density at radius 3 is 2.32 bits per heavy atom. The molecule has 0 spiro atoms. The Labute approximate surface area is 120 Å². The fourth-order valence-corrected chi connectivity index (χ4v) is 1.88. The summed E-state index contributed by atoms with van der Waals surface area (Å²) in [6.07, 6.45) is -4.46. The van der Waals surface area contributed by atoms with Crippen LogP contribution in [0.1, 0.15) is 5.56 Å². The van der Waals surface area contributed by atoms with Crippen molar-refractivity contribution in [1.29, 1.82) is 0 Å². The summed E-state index contributed by atoms with van der Waals surface area (Å²) in [4.78, 5) is 3.81. The standard InChI is InChI=1S/C12H7BrClF3N2/c13-8-1-3-9(4-2-8)18-11-6-7(12(15,16)17)5-10(14)19-11/h1-6H,(H,18,19). The van der Waals surface area contributed by atoms with E-state index in [1.165, 1.54) is 0 Å². The molecular weight excluding hydrogens is 344 g/mol. The van der Waals surface area contributed by atoms with Crippen molar-refractivity contribution in [3.8, 4) is 0 Å².